The Morgan fingerprint density at radius 1 is 1.22 bits per heavy atom. The van der Waals surface area contributed by atoms with Gasteiger partial charge in [-0.05, 0) is 37.6 Å². The standard InChI is InChI=1S/C17H20FN5O2.2ClH/c18-11-8-19-6-5-12(11)21-10-1-2-14-13(7-10)20-9-23(14)15-3-4-16(24)22-17(15)25;;/h1-2,7,9,11-12,15,19,21H,3-6,8H2,(H,22,24,25);2*1H/t11-,12-,15?;;/m0../s1. The highest BCUT2D eigenvalue weighted by Gasteiger charge is 2.29. The van der Waals surface area contributed by atoms with Crippen LogP contribution < -0.4 is 16.0 Å². The summed E-state index contributed by atoms with van der Waals surface area (Å²) < 4.78 is 15.7. The molecule has 1 aromatic carbocycles. The second-order valence-electron chi connectivity index (χ2n) is 6.58. The van der Waals surface area contributed by atoms with Gasteiger partial charge in [-0.2, -0.15) is 0 Å². The number of alkyl halides is 1. The highest BCUT2D eigenvalue weighted by atomic mass is 35.5. The molecule has 4 rings (SSSR count). The van der Waals surface area contributed by atoms with Gasteiger partial charge in [-0.25, -0.2) is 9.37 Å². The zero-order chi connectivity index (χ0) is 17.4. The number of fused-ring (bicyclic) bond motifs is 1. The maximum atomic E-state index is 14.0. The van der Waals surface area contributed by atoms with E-state index >= 15 is 0 Å². The van der Waals surface area contributed by atoms with Crippen molar-refractivity contribution in [1.29, 1.82) is 0 Å². The van der Waals surface area contributed by atoms with Gasteiger partial charge in [-0.3, -0.25) is 14.9 Å². The molecular weight excluding hydrogens is 396 g/mol. The molecule has 3 N–H and O–H groups in total. The predicted octanol–water partition coefficient (Wildman–Crippen LogP) is 1.97. The number of rotatable bonds is 3. The molecule has 0 radical (unpaired) electrons. The molecule has 2 fully saturated rings. The van der Waals surface area contributed by atoms with E-state index < -0.39 is 12.2 Å². The van der Waals surface area contributed by atoms with Crippen LogP contribution in [0, 0.1) is 0 Å². The third-order valence-electron chi connectivity index (χ3n) is 4.88. The summed E-state index contributed by atoms with van der Waals surface area (Å²) in [5.74, 6) is -0.535. The van der Waals surface area contributed by atoms with Crippen molar-refractivity contribution in [2.24, 2.45) is 0 Å². The maximum absolute atomic E-state index is 14.0. The molecule has 2 aliphatic heterocycles. The first-order valence-electron chi connectivity index (χ1n) is 8.53. The van der Waals surface area contributed by atoms with Gasteiger partial charge in [-0.1, -0.05) is 0 Å². The lowest BCUT2D eigenvalue weighted by Gasteiger charge is -2.28. The van der Waals surface area contributed by atoms with Crippen LogP contribution in [-0.2, 0) is 9.59 Å². The lowest BCUT2D eigenvalue weighted by atomic mass is 10.0. The van der Waals surface area contributed by atoms with E-state index in [1.807, 2.05) is 18.2 Å². The van der Waals surface area contributed by atoms with Crippen LogP contribution in [0.15, 0.2) is 24.5 Å². The van der Waals surface area contributed by atoms with Crippen LogP contribution in [0.25, 0.3) is 11.0 Å². The van der Waals surface area contributed by atoms with Crippen LogP contribution in [0.3, 0.4) is 0 Å². The first kappa shape index (κ1) is 21.4. The largest absolute Gasteiger partial charge is 0.379 e. The molecule has 0 spiro atoms. The Morgan fingerprint density at radius 3 is 2.78 bits per heavy atom. The summed E-state index contributed by atoms with van der Waals surface area (Å²) in [6.45, 7) is 1.16. The molecule has 1 aromatic heterocycles. The smallest absolute Gasteiger partial charge is 0.249 e. The van der Waals surface area contributed by atoms with Gasteiger partial charge in [0.05, 0.1) is 23.4 Å². The van der Waals surface area contributed by atoms with Gasteiger partial charge in [0, 0.05) is 18.7 Å². The van der Waals surface area contributed by atoms with Gasteiger partial charge >= 0.3 is 0 Å². The second-order valence-corrected chi connectivity index (χ2v) is 6.58. The van der Waals surface area contributed by atoms with E-state index in [0.29, 0.717) is 19.4 Å². The third kappa shape index (κ3) is 4.34. The van der Waals surface area contributed by atoms with Gasteiger partial charge in [0.2, 0.25) is 11.8 Å². The molecular formula is C17H22Cl2FN5O2. The minimum Gasteiger partial charge on any atom is -0.379 e. The number of carbonyl (C=O) groups is 2. The Kier molecular flexibility index (Phi) is 7.02. The van der Waals surface area contributed by atoms with Crippen molar-refractivity contribution in [3.63, 3.8) is 0 Å². The van der Waals surface area contributed by atoms with Crippen molar-refractivity contribution in [2.75, 3.05) is 18.4 Å². The summed E-state index contributed by atoms with van der Waals surface area (Å²) in [5, 5.41) is 8.64. The summed E-state index contributed by atoms with van der Waals surface area (Å²) in [4.78, 5) is 27.8. The van der Waals surface area contributed by atoms with E-state index in [-0.39, 0.29) is 42.7 Å². The number of aromatic nitrogens is 2. The molecule has 2 saturated heterocycles. The van der Waals surface area contributed by atoms with Crippen LogP contribution in [-0.4, -0.2) is 46.7 Å². The molecule has 0 bridgehead atoms. The van der Waals surface area contributed by atoms with Crippen LogP contribution in [0.5, 0.6) is 0 Å². The molecule has 148 valence electrons. The van der Waals surface area contributed by atoms with E-state index in [1.165, 1.54) is 0 Å². The summed E-state index contributed by atoms with van der Waals surface area (Å²) in [7, 11) is 0. The Labute approximate surface area is 168 Å². The molecule has 2 aromatic rings. The number of halogens is 3. The minimum absolute atomic E-state index is 0. The second kappa shape index (κ2) is 8.86. The van der Waals surface area contributed by atoms with Crippen molar-refractivity contribution in [2.45, 2.75) is 37.5 Å². The molecule has 3 heterocycles. The van der Waals surface area contributed by atoms with Crippen molar-refractivity contribution in [3.8, 4) is 0 Å². The third-order valence-corrected chi connectivity index (χ3v) is 4.88. The van der Waals surface area contributed by atoms with Gasteiger partial charge in [-0.15, -0.1) is 24.8 Å². The van der Waals surface area contributed by atoms with Crippen molar-refractivity contribution >= 4 is 53.3 Å². The maximum Gasteiger partial charge on any atom is 0.249 e. The molecule has 1 unspecified atom stereocenters. The number of amides is 2. The van der Waals surface area contributed by atoms with Gasteiger partial charge in [0.1, 0.15) is 12.2 Å². The molecule has 27 heavy (non-hydrogen) atoms. The normalized spacial score (nSPS) is 25.3. The van der Waals surface area contributed by atoms with E-state index in [4.69, 9.17) is 0 Å². The lowest BCUT2D eigenvalue weighted by molar-refractivity contribution is -0.135. The highest BCUT2D eigenvalue weighted by molar-refractivity contribution is 6.00. The summed E-state index contributed by atoms with van der Waals surface area (Å²) in [6, 6.07) is 4.98. The number of nitrogens with one attached hydrogen (secondary N) is 3. The first-order chi connectivity index (χ1) is 12.1. The molecule has 3 atom stereocenters. The van der Waals surface area contributed by atoms with Crippen molar-refractivity contribution in [3.05, 3.63) is 24.5 Å². The number of imidazole rings is 1. The van der Waals surface area contributed by atoms with E-state index in [9.17, 15) is 14.0 Å². The number of hydrogen-bond acceptors (Lipinski definition) is 5. The van der Waals surface area contributed by atoms with Crippen LogP contribution >= 0.6 is 24.8 Å². The lowest BCUT2D eigenvalue weighted by Crippen LogP contribution is -2.45. The molecule has 0 aliphatic carbocycles. The number of piperidine rings is 2. The zero-order valence-electron chi connectivity index (χ0n) is 14.5. The summed E-state index contributed by atoms with van der Waals surface area (Å²) in [6.07, 6.45) is 2.21. The Hall–Kier alpha value is -1.90. The quantitative estimate of drug-likeness (QED) is 0.664. The fourth-order valence-electron chi connectivity index (χ4n) is 3.51. The van der Waals surface area contributed by atoms with Gasteiger partial charge < -0.3 is 15.2 Å². The Balaban J connectivity index is 0.00000131. The van der Waals surface area contributed by atoms with Crippen molar-refractivity contribution < 1.29 is 14.0 Å². The van der Waals surface area contributed by atoms with Crippen molar-refractivity contribution in [1.82, 2.24) is 20.2 Å². The van der Waals surface area contributed by atoms with Gasteiger partial charge in [0.25, 0.3) is 0 Å². The zero-order valence-corrected chi connectivity index (χ0v) is 16.1. The number of anilines is 1. The fraction of sp³-hybridized carbons (Fsp3) is 0.471. The van der Waals surface area contributed by atoms with Crippen LogP contribution in [0.1, 0.15) is 25.3 Å². The van der Waals surface area contributed by atoms with Crippen LogP contribution in [0.4, 0.5) is 10.1 Å². The Morgan fingerprint density at radius 2 is 2.04 bits per heavy atom. The van der Waals surface area contributed by atoms with E-state index in [2.05, 4.69) is 20.9 Å². The monoisotopic (exact) mass is 417 g/mol. The van der Waals surface area contributed by atoms with Gasteiger partial charge in [0.15, 0.2) is 0 Å². The average molecular weight is 418 g/mol. The molecule has 0 saturated carbocycles. The number of carbonyl (C=O) groups excluding carboxylic acids is 2. The number of nitrogens with zero attached hydrogens (tertiary/aromatic N) is 2. The number of benzene rings is 1. The average Bonchev–Trinajstić information content (AvgIpc) is 3.00. The SMILES string of the molecule is Cl.Cl.O=C1CCC(n2cnc3cc(N[C@H]4CCNC[C@@H]4F)ccc32)C(=O)N1. The molecule has 2 amide bonds. The van der Waals surface area contributed by atoms with E-state index in [1.54, 1.807) is 10.9 Å². The molecule has 10 heteroatoms. The topological polar surface area (TPSA) is 88.1 Å². The highest BCUT2D eigenvalue weighted by Crippen LogP contribution is 2.26. The van der Waals surface area contributed by atoms with Crippen LogP contribution in [0.2, 0.25) is 0 Å². The molecule has 7 nitrogen and oxygen atoms in total. The fourth-order valence-corrected chi connectivity index (χ4v) is 3.51. The van der Waals surface area contributed by atoms with E-state index in [0.717, 1.165) is 29.7 Å². The first-order valence-corrected chi connectivity index (χ1v) is 8.53. The number of hydrogen-bond donors (Lipinski definition) is 3. The minimum atomic E-state index is -0.925. The summed E-state index contributed by atoms with van der Waals surface area (Å²) in [5.41, 5.74) is 2.37. The summed E-state index contributed by atoms with van der Waals surface area (Å²) >= 11 is 0. The number of imide groups is 1. The predicted molar refractivity (Wildman–Crippen MR) is 105 cm³/mol. The molecule has 2 aliphatic rings. The Bertz CT molecular complexity index is 831.